The zero-order valence-electron chi connectivity index (χ0n) is 17.0. The molecule has 2 aromatic carbocycles. The number of aromatic nitrogens is 1. The average molecular weight is 457 g/mol. The Morgan fingerprint density at radius 3 is 2.66 bits per heavy atom. The molecule has 4 aromatic rings. The van der Waals surface area contributed by atoms with Gasteiger partial charge in [0.2, 0.25) is 0 Å². The minimum Gasteiger partial charge on any atom is -0.488 e. The summed E-state index contributed by atoms with van der Waals surface area (Å²) in [6.07, 6.45) is -2.86. The molecule has 0 saturated heterocycles. The molecule has 0 saturated carbocycles. The molecule has 164 valence electrons. The fraction of sp³-hybridized carbons (Fsp3) is 0.167. The van der Waals surface area contributed by atoms with Crippen LogP contribution in [0.5, 0.6) is 5.75 Å². The van der Waals surface area contributed by atoms with Crippen LogP contribution in [-0.2, 0) is 17.5 Å². The lowest BCUT2D eigenvalue weighted by Crippen LogP contribution is -2.05. The van der Waals surface area contributed by atoms with Crippen LogP contribution in [0, 0.1) is 0 Å². The van der Waals surface area contributed by atoms with Crippen LogP contribution in [0.2, 0.25) is 0 Å². The second-order valence-electron chi connectivity index (χ2n) is 6.90. The van der Waals surface area contributed by atoms with Gasteiger partial charge in [0, 0.05) is 21.3 Å². The highest BCUT2D eigenvalue weighted by molar-refractivity contribution is 7.19. The van der Waals surface area contributed by atoms with Gasteiger partial charge < -0.3 is 9.47 Å². The summed E-state index contributed by atoms with van der Waals surface area (Å²) in [7, 11) is 0. The Hall–Kier alpha value is -3.39. The summed E-state index contributed by atoms with van der Waals surface area (Å²) in [5, 5.41) is 0.957. The first kappa shape index (κ1) is 21.8. The quantitative estimate of drug-likeness (QED) is 0.301. The minimum absolute atomic E-state index is 0.135. The lowest BCUT2D eigenvalue weighted by Gasteiger charge is -2.09. The van der Waals surface area contributed by atoms with Gasteiger partial charge in [-0.2, -0.15) is 13.2 Å². The number of benzene rings is 2. The van der Waals surface area contributed by atoms with E-state index in [2.05, 4.69) is 4.98 Å². The monoisotopic (exact) mass is 457 g/mol. The zero-order valence-corrected chi connectivity index (χ0v) is 17.8. The second kappa shape index (κ2) is 9.00. The summed E-state index contributed by atoms with van der Waals surface area (Å²) in [6.45, 7) is 2.16. The predicted octanol–water partition coefficient (Wildman–Crippen LogP) is 6.74. The van der Waals surface area contributed by atoms with E-state index in [1.54, 1.807) is 25.3 Å². The Bertz CT molecular complexity index is 1270. The summed E-state index contributed by atoms with van der Waals surface area (Å²) in [5.74, 6) is -0.258. The molecule has 0 radical (unpaired) electrons. The van der Waals surface area contributed by atoms with Gasteiger partial charge in [-0.15, -0.1) is 11.3 Å². The fourth-order valence-corrected chi connectivity index (χ4v) is 4.32. The van der Waals surface area contributed by atoms with E-state index in [4.69, 9.17) is 9.47 Å². The number of alkyl halides is 3. The van der Waals surface area contributed by atoms with Crippen LogP contribution in [-0.4, -0.2) is 17.6 Å². The minimum atomic E-state index is -4.42. The van der Waals surface area contributed by atoms with Crippen LogP contribution in [0.3, 0.4) is 0 Å². The Labute approximate surface area is 186 Å². The van der Waals surface area contributed by atoms with Crippen molar-refractivity contribution >= 4 is 27.4 Å². The van der Waals surface area contributed by atoms with Crippen molar-refractivity contribution in [2.45, 2.75) is 19.7 Å². The maximum Gasteiger partial charge on any atom is 0.416 e. The number of halogens is 3. The number of fused-ring (bicyclic) bond motifs is 1. The van der Waals surface area contributed by atoms with Crippen molar-refractivity contribution in [3.05, 3.63) is 82.9 Å². The van der Waals surface area contributed by atoms with Gasteiger partial charge in [-0.05, 0) is 48.7 Å². The highest BCUT2D eigenvalue weighted by atomic mass is 32.1. The number of carbonyl (C=O) groups is 1. The summed E-state index contributed by atoms with van der Waals surface area (Å²) in [5.41, 5.74) is 1.15. The van der Waals surface area contributed by atoms with Gasteiger partial charge in [0.25, 0.3) is 0 Å². The van der Waals surface area contributed by atoms with E-state index in [1.165, 1.54) is 23.5 Å². The van der Waals surface area contributed by atoms with Crippen LogP contribution in [0.25, 0.3) is 21.3 Å². The number of thiophene rings is 1. The number of pyridine rings is 1. The fourth-order valence-electron chi connectivity index (χ4n) is 3.23. The lowest BCUT2D eigenvalue weighted by atomic mass is 10.1. The van der Waals surface area contributed by atoms with Gasteiger partial charge in [-0.1, -0.05) is 24.3 Å². The molecular formula is C24H18F3NO3S. The van der Waals surface area contributed by atoms with E-state index < -0.39 is 17.7 Å². The van der Waals surface area contributed by atoms with Crippen molar-refractivity contribution in [1.29, 1.82) is 0 Å². The van der Waals surface area contributed by atoms with Gasteiger partial charge in [-0.25, -0.2) is 4.79 Å². The second-order valence-corrected chi connectivity index (χ2v) is 8.04. The SMILES string of the molecule is CCOC(=O)c1ccnc(-c2cccc3cc(COc4cccc(C(F)(F)F)c4)sc23)c1. The van der Waals surface area contributed by atoms with E-state index in [-0.39, 0.29) is 19.0 Å². The molecule has 0 amide bonds. The Balaban J connectivity index is 1.59. The van der Waals surface area contributed by atoms with Crippen molar-refractivity contribution in [2.75, 3.05) is 6.61 Å². The molecule has 0 atom stereocenters. The van der Waals surface area contributed by atoms with Crippen LogP contribution >= 0.6 is 11.3 Å². The van der Waals surface area contributed by atoms with Crippen molar-refractivity contribution in [1.82, 2.24) is 4.98 Å². The number of carbonyl (C=O) groups excluding carboxylic acids is 1. The van der Waals surface area contributed by atoms with Crippen molar-refractivity contribution in [3.8, 4) is 17.0 Å². The van der Waals surface area contributed by atoms with Gasteiger partial charge in [0.15, 0.2) is 0 Å². The van der Waals surface area contributed by atoms with E-state index >= 15 is 0 Å². The van der Waals surface area contributed by atoms with Crippen molar-refractivity contribution in [2.24, 2.45) is 0 Å². The van der Waals surface area contributed by atoms with E-state index in [0.29, 0.717) is 11.3 Å². The molecule has 4 nitrogen and oxygen atoms in total. The number of hydrogen-bond donors (Lipinski definition) is 0. The maximum atomic E-state index is 12.9. The van der Waals surface area contributed by atoms with Crippen LogP contribution < -0.4 is 4.74 Å². The third-order valence-corrected chi connectivity index (χ3v) is 5.84. The summed E-state index contributed by atoms with van der Waals surface area (Å²) < 4.78 is 50.4. The number of hydrogen-bond acceptors (Lipinski definition) is 5. The molecule has 0 bridgehead atoms. The summed E-state index contributed by atoms with van der Waals surface area (Å²) >= 11 is 1.47. The molecule has 0 aliphatic carbocycles. The molecule has 2 heterocycles. The average Bonchev–Trinajstić information content (AvgIpc) is 3.21. The zero-order chi connectivity index (χ0) is 22.7. The molecule has 0 aliphatic heterocycles. The first-order valence-electron chi connectivity index (χ1n) is 9.80. The molecule has 8 heteroatoms. The van der Waals surface area contributed by atoms with E-state index in [0.717, 1.165) is 32.7 Å². The Morgan fingerprint density at radius 1 is 1.06 bits per heavy atom. The highest BCUT2D eigenvalue weighted by Gasteiger charge is 2.30. The summed E-state index contributed by atoms with van der Waals surface area (Å²) in [6, 6.07) is 15.8. The number of nitrogens with zero attached hydrogens (tertiary/aromatic N) is 1. The number of rotatable bonds is 6. The molecule has 0 N–H and O–H groups in total. The van der Waals surface area contributed by atoms with Crippen molar-refractivity contribution in [3.63, 3.8) is 0 Å². The molecule has 0 spiro atoms. The third kappa shape index (κ3) is 4.75. The number of ether oxygens (including phenoxy) is 2. The van der Waals surface area contributed by atoms with E-state index in [1.807, 2.05) is 24.3 Å². The highest BCUT2D eigenvalue weighted by Crippen LogP contribution is 2.35. The lowest BCUT2D eigenvalue weighted by molar-refractivity contribution is -0.137. The smallest absolute Gasteiger partial charge is 0.416 e. The van der Waals surface area contributed by atoms with Crippen molar-refractivity contribution < 1.29 is 27.4 Å². The normalized spacial score (nSPS) is 11.5. The van der Waals surface area contributed by atoms with E-state index in [9.17, 15) is 18.0 Å². The molecule has 2 aromatic heterocycles. The first-order chi connectivity index (χ1) is 15.3. The molecule has 4 rings (SSSR count). The summed E-state index contributed by atoms with van der Waals surface area (Å²) in [4.78, 5) is 17.3. The van der Waals surface area contributed by atoms with Crippen LogP contribution in [0.1, 0.15) is 27.7 Å². The maximum absolute atomic E-state index is 12.9. The molecular weight excluding hydrogens is 439 g/mol. The molecule has 0 fully saturated rings. The predicted molar refractivity (Wildman–Crippen MR) is 117 cm³/mol. The molecule has 0 unspecified atom stereocenters. The number of esters is 1. The standard InChI is InChI=1S/C24H18F3NO3S/c1-2-30-23(29)16-9-10-28-21(12-16)20-8-3-5-15-11-19(32-22(15)20)14-31-18-7-4-6-17(13-18)24(25,26)27/h3-13H,2,14H2,1H3. The Morgan fingerprint density at radius 2 is 1.88 bits per heavy atom. The first-order valence-corrected chi connectivity index (χ1v) is 10.6. The Kier molecular flexibility index (Phi) is 6.14. The van der Waals surface area contributed by atoms with Gasteiger partial charge in [0.05, 0.1) is 23.4 Å². The van der Waals surface area contributed by atoms with Crippen LogP contribution in [0.15, 0.2) is 66.9 Å². The topological polar surface area (TPSA) is 48.4 Å². The molecule has 32 heavy (non-hydrogen) atoms. The van der Waals surface area contributed by atoms with Gasteiger partial charge >= 0.3 is 12.1 Å². The largest absolute Gasteiger partial charge is 0.488 e. The molecule has 0 aliphatic rings. The van der Waals surface area contributed by atoms with Crippen LogP contribution in [0.4, 0.5) is 13.2 Å². The van der Waals surface area contributed by atoms with Gasteiger partial charge in [0.1, 0.15) is 12.4 Å². The van der Waals surface area contributed by atoms with Gasteiger partial charge in [-0.3, -0.25) is 4.98 Å². The third-order valence-electron chi connectivity index (χ3n) is 4.68.